The van der Waals surface area contributed by atoms with Crippen LogP contribution in [0.1, 0.15) is 30.6 Å². The zero-order chi connectivity index (χ0) is 15.0. The minimum Gasteiger partial charge on any atom is -0.493 e. The predicted molar refractivity (Wildman–Crippen MR) is 83.6 cm³/mol. The molecule has 112 valence electrons. The Morgan fingerprint density at radius 2 is 2.15 bits per heavy atom. The third kappa shape index (κ3) is 5.43. The topological polar surface area (TPSA) is 58.6 Å². The molecule has 1 amide bonds. The van der Waals surface area contributed by atoms with Gasteiger partial charge in [-0.2, -0.15) is 11.8 Å². The normalized spacial score (nSPS) is 13.6. The van der Waals surface area contributed by atoms with Gasteiger partial charge in [-0.3, -0.25) is 4.79 Å². The van der Waals surface area contributed by atoms with Gasteiger partial charge >= 0.3 is 0 Å². The Morgan fingerprint density at radius 1 is 1.45 bits per heavy atom. The van der Waals surface area contributed by atoms with E-state index in [1.54, 1.807) is 36.9 Å². The lowest BCUT2D eigenvalue weighted by Crippen LogP contribution is -2.41. The number of nitrogens with one attached hydrogen (secondary N) is 1. The highest BCUT2D eigenvalue weighted by Gasteiger charge is 2.21. The molecule has 0 spiro atoms. The number of aliphatic hydroxyl groups is 1. The number of hydrogen-bond acceptors (Lipinski definition) is 4. The molecule has 20 heavy (non-hydrogen) atoms. The third-order valence-electron chi connectivity index (χ3n) is 2.91. The van der Waals surface area contributed by atoms with Gasteiger partial charge in [-0.1, -0.05) is 12.1 Å². The summed E-state index contributed by atoms with van der Waals surface area (Å²) in [5.41, 5.74) is -0.394. The maximum atomic E-state index is 12.2. The van der Waals surface area contributed by atoms with Gasteiger partial charge in [0.25, 0.3) is 5.91 Å². The lowest BCUT2D eigenvalue weighted by Gasteiger charge is -2.23. The second kappa shape index (κ2) is 8.17. The van der Waals surface area contributed by atoms with Crippen LogP contribution in [0.2, 0.25) is 0 Å². The molecule has 1 atom stereocenters. The number of amides is 1. The molecule has 5 heteroatoms. The van der Waals surface area contributed by atoms with Crippen molar-refractivity contribution in [3.05, 3.63) is 29.8 Å². The van der Waals surface area contributed by atoms with Crippen LogP contribution < -0.4 is 10.1 Å². The quantitative estimate of drug-likeness (QED) is 0.773. The summed E-state index contributed by atoms with van der Waals surface area (Å²) in [5.74, 6) is 1.20. The molecular weight excluding hydrogens is 274 g/mol. The van der Waals surface area contributed by atoms with E-state index in [1.807, 2.05) is 19.2 Å². The number of rotatable bonds is 8. The van der Waals surface area contributed by atoms with E-state index in [1.165, 1.54) is 0 Å². The maximum absolute atomic E-state index is 12.2. The molecule has 0 fully saturated rings. The molecule has 0 unspecified atom stereocenters. The summed E-state index contributed by atoms with van der Waals surface area (Å²) in [6, 6.07) is 7.11. The van der Waals surface area contributed by atoms with Gasteiger partial charge in [0.1, 0.15) is 5.75 Å². The first-order valence-corrected chi connectivity index (χ1v) is 8.11. The van der Waals surface area contributed by atoms with Crippen LogP contribution in [0.4, 0.5) is 0 Å². The molecule has 0 aliphatic carbocycles. The number of carbonyl (C=O) groups excluding carboxylic acids is 1. The van der Waals surface area contributed by atoms with Gasteiger partial charge in [0.05, 0.1) is 17.8 Å². The van der Waals surface area contributed by atoms with Crippen molar-refractivity contribution in [2.75, 3.05) is 25.2 Å². The monoisotopic (exact) mass is 297 g/mol. The van der Waals surface area contributed by atoms with Crippen molar-refractivity contribution >= 4 is 17.7 Å². The van der Waals surface area contributed by atoms with Crippen molar-refractivity contribution in [2.24, 2.45) is 0 Å². The summed E-state index contributed by atoms with van der Waals surface area (Å²) in [5, 5.41) is 12.9. The first kappa shape index (κ1) is 16.9. The second-order valence-electron chi connectivity index (χ2n) is 4.85. The summed E-state index contributed by atoms with van der Waals surface area (Å²) in [4.78, 5) is 12.2. The first-order chi connectivity index (χ1) is 9.50. The van der Waals surface area contributed by atoms with E-state index < -0.39 is 5.60 Å². The van der Waals surface area contributed by atoms with Crippen molar-refractivity contribution in [3.8, 4) is 5.75 Å². The van der Waals surface area contributed by atoms with E-state index in [4.69, 9.17) is 4.74 Å². The zero-order valence-corrected chi connectivity index (χ0v) is 13.1. The highest BCUT2D eigenvalue weighted by Crippen LogP contribution is 2.18. The summed E-state index contributed by atoms with van der Waals surface area (Å²) >= 11 is 1.68. The predicted octanol–water partition coefficient (Wildman–Crippen LogP) is 2.32. The zero-order valence-electron chi connectivity index (χ0n) is 12.3. The summed E-state index contributed by atoms with van der Waals surface area (Å²) in [6.07, 6.45) is 2.63. The van der Waals surface area contributed by atoms with Crippen molar-refractivity contribution < 1.29 is 14.6 Å². The Kier molecular flexibility index (Phi) is 6.88. The molecule has 0 aromatic heterocycles. The molecule has 0 saturated carbocycles. The van der Waals surface area contributed by atoms with Gasteiger partial charge in [0.15, 0.2) is 0 Å². The highest BCUT2D eigenvalue weighted by atomic mass is 32.2. The minimum absolute atomic E-state index is 0.224. The van der Waals surface area contributed by atoms with Crippen LogP contribution in [-0.2, 0) is 0 Å². The smallest absolute Gasteiger partial charge is 0.255 e. The van der Waals surface area contributed by atoms with Gasteiger partial charge in [-0.15, -0.1) is 0 Å². The van der Waals surface area contributed by atoms with E-state index in [0.717, 1.165) is 5.75 Å². The van der Waals surface area contributed by atoms with Crippen molar-refractivity contribution in [2.45, 2.75) is 25.9 Å². The van der Waals surface area contributed by atoms with Gasteiger partial charge in [-0.05, 0) is 44.4 Å². The van der Waals surface area contributed by atoms with E-state index in [2.05, 4.69) is 5.32 Å². The Hall–Kier alpha value is -1.20. The van der Waals surface area contributed by atoms with Gasteiger partial charge in [0.2, 0.25) is 0 Å². The molecule has 4 nitrogen and oxygen atoms in total. The molecule has 0 aliphatic rings. The SMILES string of the molecule is CCOc1ccccc1C(=O)NC[C@](C)(O)CCSC. The number of benzene rings is 1. The standard InChI is InChI=1S/C15H23NO3S/c1-4-19-13-8-6-5-7-12(13)14(17)16-11-15(2,18)9-10-20-3/h5-8,18H,4,9-11H2,1-3H3,(H,16,17)/t15-/m1/s1. The van der Waals surface area contributed by atoms with Gasteiger partial charge < -0.3 is 15.2 Å². The Labute approximate surface area is 124 Å². The van der Waals surface area contributed by atoms with E-state index in [9.17, 15) is 9.90 Å². The van der Waals surface area contributed by atoms with Crippen molar-refractivity contribution in [1.29, 1.82) is 0 Å². The Bertz CT molecular complexity index is 435. The number of carbonyl (C=O) groups is 1. The largest absolute Gasteiger partial charge is 0.493 e. The van der Waals surface area contributed by atoms with E-state index in [-0.39, 0.29) is 12.5 Å². The maximum Gasteiger partial charge on any atom is 0.255 e. The lowest BCUT2D eigenvalue weighted by atomic mass is 10.0. The molecule has 0 bridgehead atoms. The van der Waals surface area contributed by atoms with E-state index >= 15 is 0 Å². The molecular formula is C15H23NO3S. The summed E-state index contributed by atoms with van der Waals surface area (Å²) < 4.78 is 5.43. The fraction of sp³-hybridized carbons (Fsp3) is 0.533. The molecule has 1 aromatic rings. The van der Waals surface area contributed by atoms with Gasteiger partial charge in [-0.25, -0.2) is 0 Å². The van der Waals surface area contributed by atoms with Gasteiger partial charge in [0, 0.05) is 6.54 Å². The molecule has 0 saturated heterocycles. The fourth-order valence-electron chi connectivity index (χ4n) is 1.71. The van der Waals surface area contributed by atoms with Crippen LogP contribution in [0.15, 0.2) is 24.3 Å². The average molecular weight is 297 g/mol. The minimum atomic E-state index is -0.890. The molecule has 1 rings (SSSR count). The summed E-state index contributed by atoms with van der Waals surface area (Å²) in [6.45, 7) is 4.35. The third-order valence-corrected chi connectivity index (χ3v) is 3.52. The van der Waals surface area contributed by atoms with Crippen molar-refractivity contribution in [3.63, 3.8) is 0 Å². The molecule has 2 N–H and O–H groups in total. The lowest BCUT2D eigenvalue weighted by molar-refractivity contribution is 0.0527. The van der Waals surface area contributed by atoms with Crippen LogP contribution in [0.5, 0.6) is 5.75 Å². The van der Waals surface area contributed by atoms with Crippen molar-refractivity contribution in [1.82, 2.24) is 5.32 Å². The average Bonchev–Trinajstić information content (AvgIpc) is 2.44. The van der Waals surface area contributed by atoms with Crippen LogP contribution >= 0.6 is 11.8 Å². The van der Waals surface area contributed by atoms with E-state index in [0.29, 0.717) is 24.3 Å². The Balaban J connectivity index is 2.63. The number of hydrogen-bond donors (Lipinski definition) is 2. The second-order valence-corrected chi connectivity index (χ2v) is 5.84. The fourth-order valence-corrected chi connectivity index (χ4v) is 2.36. The number of ether oxygens (including phenoxy) is 1. The van der Waals surface area contributed by atoms with Crippen LogP contribution in [0.25, 0.3) is 0 Å². The van der Waals surface area contributed by atoms with Crippen LogP contribution in [0.3, 0.4) is 0 Å². The van der Waals surface area contributed by atoms with Crippen LogP contribution in [-0.4, -0.2) is 41.8 Å². The first-order valence-electron chi connectivity index (χ1n) is 6.71. The number of para-hydroxylation sites is 1. The molecule has 0 heterocycles. The van der Waals surface area contributed by atoms with Crippen LogP contribution in [0, 0.1) is 0 Å². The molecule has 0 radical (unpaired) electrons. The molecule has 1 aromatic carbocycles. The number of thioether (sulfide) groups is 1. The molecule has 0 aliphatic heterocycles. The Morgan fingerprint density at radius 3 is 2.80 bits per heavy atom. The summed E-state index contributed by atoms with van der Waals surface area (Å²) in [7, 11) is 0. The highest BCUT2D eigenvalue weighted by molar-refractivity contribution is 7.98.